The second kappa shape index (κ2) is 9.77. The molecule has 31 heavy (non-hydrogen) atoms. The number of carbonyl (C=O) groups is 2. The number of ether oxygens (including phenoxy) is 1. The van der Waals surface area contributed by atoms with Gasteiger partial charge in [0.15, 0.2) is 0 Å². The SMILES string of the molecule is CNC(=O)c1ccnc(Nc2cc(Nc3ccc(Cl)cc3OC)c(C(=O)NC)cn2)c1. The van der Waals surface area contributed by atoms with Crippen LogP contribution in [0.1, 0.15) is 20.7 Å². The van der Waals surface area contributed by atoms with E-state index in [0.717, 1.165) is 0 Å². The number of amides is 2. The summed E-state index contributed by atoms with van der Waals surface area (Å²) in [4.78, 5) is 32.7. The van der Waals surface area contributed by atoms with Crippen LogP contribution in [-0.2, 0) is 0 Å². The minimum absolute atomic E-state index is 0.231. The average Bonchev–Trinajstić information content (AvgIpc) is 2.79. The van der Waals surface area contributed by atoms with Crippen LogP contribution in [0, 0.1) is 0 Å². The number of nitrogens with one attached hydrogen (secondary N) is 4. The van der Waals surface area contributed by atoms with Gasteiger partial charge in [0, 0.05) is 49.2 Å². The zero-order chi connectivity index (χ0) is 22.4. The summed E-state index contributed by atoms with van der Waals surface area (Å²) in [6.45, 7) is 0. The first-order valence-electron chi connectivity index (χ1n) is 9.23. The van der Waals surface area contributed by atoms with Gasteiger partial charge in [-0.05, 0) is 24.3 Å². The maximum absolute atomic E-state index is 12.3. The van der Waals surface area contributed by atoms with E-state index < -0.39 is 0 Å². The van der Waals surface area contributed by atoms with Crippen LogP contribution in [0.5, 0.6) is 5.75 Å². The van der Waals surface area contributed by atoms with Crippen molar-refractivity contribution in [3.63, 3.8) is 0 Å². The van der Waals surface area contributed by atoms with Crippen molar-refractivity contribution in [3.8, 4) is 5.75 Å². The van der Waals surface area contributed by atoms with E-state index in [1.54, 1.807) is 43.4 Å². The molecule has 2 amide bonds. The second-order valence-corrected chi connectivity index (χ2v) is 6.73. The number of aromatic nitrogens is 2. The normalized spacial score (nSPS) is 10.2. The lowest BCUT2D eigenvalue weighted by Crippen LogP contribution is -2.20. The molecule has 0 aliphatic carbocycles. The standard InChI is InChI=1S/C21H21ClN6O3/c1-23-20(29)12-6-7-25-18(8-12)28-19-10-16(14(11-26-19)21(30)24-2)27-15-5-4-13(22)9-17(15)31-3/h4-11H,1-3H3,(H,23,29)(H,24,30)(H2,25,26,27,28). The molecule has 0 unspecified atom stereocenters. The van der Waals surface area contributed by atoms with Crippen LogP contribution in [0.2, 0.25) is 5.02 Å². The minimum Gasteiger partial charge on any atom is -0.495 e. The summed E-state index contributed by atoms with van der Waals surface area (Å²) in [5, 5.41) is 11.9. The zero-order valence-corrected chi connectivity index (χ0v) is 17.9. The molecular weight excluding hydrogens is 420 g/mol. The molecule has 0 saturated heterocycles. The smallest absolute Gasteiger partial charge is 0.254 e. The summed E-state index contributed by atoms with van der Waals surface area (Å²) in [7, 11) is 4.62. The summed E-state index contributed by atoms with van der Waals surface area (Å²) in [5.74, 6) is 0.822. The first-order valence-corrected chi connectivity index (χ1v) is 9.60. The fourth-order valence-corrected chi connectivity index (χ4v) is 2.93. The number of carbonyl (C=O) groups excluding carboxylic acids is 2. The van der Waals surface area contributed by atoms with E-state index in [1.165, 1.54) is 26.6 Å². The molecule has 0 atom stereocenters. The van der Waals surface area contributed by atoms with Gasteiger partial charge in [-0.1, -0.05) is 11.6 Å². The molecular formula is C21H21ClN6O3. The molecule has 0 fully saturated rings. The minimum atomic E-state index is -0.311. The Morgan fingerprint density at radius 2 is 1.65 bits per heavy atom. The lowest BCUT2D eigenvalue weighted by Gasteiger charge is -2.15. The number of nitrogens with zero attached hydrogens (tertiary/aromatic N) is 2. The number of hydrogen-bond donors (Lipinski definition) is 4. The topological polar surface area (TPSA) is 117 Å². The fraction of sp³-hybridized carbons (Fsp3) is 0.143. The maximum Gasteiger partial charge on any atom is 0.254 e. The van der Waals surface area contributed by atoms with Crippen LogP contribution >= 0.6 is 11.6 Å². The highest BCUT2D eigenvalue weighted by Gasteiger charge is 2.15. The van der Waals surface area contributed by atoms with E-state index in [-0.39, 0.29) is 11.8 Å². The predicted octanol–water partition coefficient (Wildman–Crippen LogP) is 3.35. The van der Waals surface area contributed by atoms with E-state index in [2.05, 4.69) is 31.2 Å². The van der Waals surface area contributed by atoms with Gasteiger partial charge in [0.1, 0.15) is 17.4 Å². The second-order valence-electron chi connectivity index (χ2n) is 6.30. The average molecular weight is 441 g/mol. The van der Waals surface area contributed by atoms with Gasteiger partial charge in [-0.2, -0.15) is 0 Å². The molecule has 4 N–H and O–H groups in total. The Balaban J connectivity index is 1.96. The molecule has 0 aliphatic heterocycles. The van der Waals surface area contributed by atoms with Crippen molar-refractivity contribution in [3.05, 3.63) is 64.9 Å². The molecule has 160 valence electrons. The van der Waals surface area contributed by atoms with E-state index in [0.29, 0.717) is 44.9 Å². The van der Waals surface area contributed by atoms with Gasteiger partial charge in [0.05, 0.1) is 24.0 Å². The lowest BCUT2D eigenvalue weighted by molar-refractivity contribution is 0.0955. The van der Waals surface area contributed by atoms with Crippen molar-refractivity contribution in [2.75, 3.05) is 31.8 Å². The van der Waals surface area contributed by atoms with Gasteiger partial charge < -0.3 is 26.0 Å². The molecule has 0 saturated carbocycles. The fourth-order valence-electron chi connectivity index (χ4n) is 2.77. The van der Waals surface area contributed by atoms with Gasteiger partial charge in [0.25, 0.3) is 11.8 Å². The van der Waals surface area contributed by atoms with Gasteiger partial charge >= 0.3 is 0 Å². The van der Waals surface area contributed by atoms with Crippen molar-refractivity contribution in [2.24, 2.45) is 0 Å². The van der Waals surface area contributed by atoms with Crippen LogP contribution in [-0.4, -0.2) is 43.0 Å². The molecule has 3 aromatic rings. The van der Waals surface area contributed by atoms with E-state index in [9.17, 15) is 9.59 Å². The summed E-state index contributed by atoms with van der Waals surface area (Å²) >= 11 is 6.04. The first-order chi connectivity index (χ1) is 14.9. The third kappa shape index (κ3) is 5.20. The van der Waals surface area contributed by atoms with Gasteiger partial charge in [-0.15, -0.1) is 0 Å². The van der Waals surface area contributed by atoms with E-state index in [4.69, 9.17) is 16.3 Å². The molecule has 0 aliphatic rings. The number of rotatable bonds is 7. The Hall–Kier alpha value is -3.85. The summed E-state index contributed by atoms with van der Waals surface area (Å²) in [6, 6.07) is 9.98. The van der Waals surface area contributed by atoms with Crippen molar-refractivity contribution in [2.45, 2.75) is 0 Å². The highest BCUT2D eigenvalue weighted by atomic mass is 35.5. The highest BCUT2D eigenvalue weighted by molar-refractivity contribution is 6.30. The Morgan fingerprint density at radius 1 is 0.903 bits per heavy atom. The quantitative estimate of drug-likeness (QED) is 0.445. The molecule has 0 spiro atoms. The van der Waals surface area contributed by atoms with Gasteiger partial charge in [-0.25, -0.2) is 9.97 Å². The van der Waals surface area contributed by atoms with E-state index >= 15 is 0 Å². The molecule has 2 heterocycles. The van der Waals surface area contributed by atoms with Gasteiger partial charge in [-0.3, -0.25) is 9.59 Å². The zero-order valence-electron chi connectivity index (χ0n) is 17.1. The predicted molar refractivity (Wildman–Crippen MR) is 120 cm³/mol. The Morgan fingerprint density at radius 3 is 2.35 bits per heavy atom. The molecule has 2 aromatic heterocycles. The number of anilines is 4. The van der Waals surface area contributed by atoms with Crippen molar-refractivity contribution in [1.29, 1.82) is 0 Å². The lowest BCUT2D eigenvalue weighted by atomic mass is 10.2. The maximum atomic E-state index is 12.3. The Labute approximate surface area is 184 Å². The van der Waals surface area contributed by atoms with Gasteiger partial charge in [0.2, 0.25) is 0 Å². The van der Waals surface area contributed by atoms with Crippen LogP contribution in [0.25, 0.3) is 0 Å². The molecule has 9 nitrogen and oxygen atoms in total. The van der Waals surface area contributed by atoms with Crippen LogP contribution in [0.3, 0.4) is 0 Å². The molecule has 0 radical (unpaired) electrons. The van der Waals surface area contributed by atoms with Crippen molar-refractivity contribution >= 4 is 46.4 Å². The van der Waals surface area contributed by atoms with Crippen LogP contribution in [0.15, 0.2) is 48.8 Å². The number of methoxy groups -OCH3 is 1. The number of halogens is 1. The number of hydrogen-bond acceptors (Lipinski definition) is 7. The van der Waals surface area contributed by atoms with Crippen molar-refractivity contribution in [1.82, 2.24) is 20.6 Å². The summed E-state index contributed by atoms with van der Waals surface area (Å²) < 4.78 is 5.37. The van der Waals surface area contributed by atoms with Crippen molar-refractivity contribution < 1.29 is 14.3 Å². The number of benzene rings is 1. The summed E-state index contributed by atoms with van der Waals surface area (Å²) in [6.07, 6.45) is 2.96. The molecule has 1 aromatic carbocycles. The highest BCUT2D eigenvalue weighted by Crippen LogP contribution is 2.32. The first kappa shape index (κ1) is 21.8. The third-order valence-corrected chi connectivity index (χ3v) is 4.55. The number of pyridine rings is 2. The monoisotopic (exact) mass is 440 g/mol. The third-order valence-electron chi connectivity index (χ3n) is 4.31. The Kier molecular flexibility index (Phi) is 6.88. The largest absolute Gasteiger partial charge is 0.495 e. The molecule has 0 bridgehead atoms. The van der Waals surface area contributed by atoms with E-state index in [1.807, 2.05) is 0 Å². The van der Waals surface area contributed by atoms with Crippen LogP contribution < -0.4 is 26.0 Å². The summed E-state index contributed by atoms with van der Waals surface area (Å²) in [5.41, 5.74) is 1.89. The van der Waals surface area contributed by atoms with Crippen LogP contribution in [0.4, 0.5) is 23.0 Å². The molecule has 10 heteroatoms. The molecule has 3 rings (SSSR count). The Bertz CT molecular complexity index is 1120.